The lowest BCUT2D eigenvalue weighted by Gasteiger charge is -2.25. The van der Waals surface area contributed by atoms with Crippen LogP contribution in [0.5, 0.6) is 0 Å². The molecular weight excluding hydrogens is 330 g/mol. The van der Waals surface area contributed by atoms with Gasteiger partial charge in [0.15, 0.2) is 5.69 Å². The summed E-state index contributed by atoms with van der Waals surface area (Å²) in [5.74, 6) is -1.33. The lowest BCUT2D eigenvalue weighted by molar-refractivity contribution is 0.0490. The Kier molecular flexibility index (Phi) is 6.55. The lowest BCUT2D eigenvalue weighted by Crippen LogP contribution is -2.42. The maximum atomic E-state index is 11.9. The molecule has 1 N–H and O–H groups in total. The van der Waals surface area contributed by atoms with Gasteiger partial charge in [0.25, 0.3) is 0 Å². The van der Waals surface area contributed by atoms with Crippen LogP contribution >= 0.6 is 0 Å². The van der Waals surface area contributed by atoms with Gasteiger partial charge in [-0.1, -0.05) is 0 Å². The number of carbonyl (C=O) groups is 3. The fourth-order valence-electron chi connectivity index (χ4n) is 1.99. The number of esters is 2. The van der Waals surface area contributed by atoms with Crippen LogP contribution < -0.4 is 5.32 Å². The third-order valence-corrected chi connectivity index (χ3v) is 3.38. The van der Waals surface area contributed by atoms with E-state index in [1.807, 2.05) is 0 Å². The smallest absolute Gasteiger partial charge is 0.407 e. The average Bonchev–Trinajstić information content (AvgIpc) is 2.95. The second kappa shape index (κ2) is 8.00. The molecule has 0 spiro atoms. The quantitative estimate of drug-likeness (QED) is 0.635. The summed E-state index contributed by atoms with van der Waals surface area (Å²) in [6.07, 6.45) is -0.591. The van der Waals surface area contributed by atoms with Crippen LogP contribution in [0.1, 0.15) is 61.6 Å². The molecule has 1 heterocycles. The average molecular weight is 355 g/mol. The van der Waals surface area contributed by atoms with E-state index in [1.54, 1.807) is 34.6 Å². The molecule has 1 aromatic rings. The first-order valence-electron chi connectivity index (χ1n) is 7.75. The third-order valence-electron chi connectivity index (χ3n) is 3.38. The summed E-state index contributed by atoms with van der Waals surface area (Å²) in [6.45, 7) is 8.74. The molecule has 1 amide bonds. The highest BCUT2D eigenvalue weighted by Crippen LogP contribution is 2.17. The minimum atomic E-state index is -0.677. The van der Waals surface area contributed by atoms with Crippen LogP contribution in [0.15, 0.2) is 6.07 Å². The standard InChI is InChI=1S/C16H25N3O6/c1-9(17-15(22)25-16(3,4)5)10(2)19-12(14(21)24-7)8-11(18-19)13(20)23-6/h8-10H,1-7H3,(H,17,22)/t9-,10?/m1/s1. The molecular formula is C16H25N3O6. The number of hydrogen-bond donors (Lipinski definition) is 1. The number of aromatic nitrogens is 2. The van der Waals surface area contributed by atoms with E-state index in [0.717, 1.165) is 0 Å². The van der Waals surface area contributed by atoms with Gasteiger partial charge in [0.1, 0.15) is 11.3 Å². The van der Waals surface area contributed by atoms with E-state index >= 15 is 0 Å². The van der Waals surface area contributed by atoms with E-state index in [-0.39, 0.29) is 11.4 Å². The zero-order chi connectivity index (χ0) is 19.4. The van der Waals surface area contributed by atoms with Crippen LogP contribution in [-0.4, -0.2) is 53.7 Å². The van der Waals surface area contributed by atoms with Crippen molar-refractivity contribution < 1.29 is 28.6 Å². The van der Waals surface area contributed by atoms with Crippen molar-refractivity contribution >= 4 is 18.0 Å². The van der Waals surface area contributed by atoms with Crippen molar-refractivity contribution in [1.82, 2.24) is 15.1 Å². The van der Waals surface area contributed by atoms with Crippen LogP contribution in [0.25, 0.3) is 0 Å². The topological polar surface area (TPSA) is 109 Å². The first-order chi connectivity index (χ1) is 11.5. The van der Waals surface area contributed by atoms with Crippen LogP contribution in [-0.2, 0) is 14.2 Å². The van der Waals surface area contributed by atoms with Crippen LogP contribution in [0, 0.1) is 0 Å². The molecule has 2 atom stereocenters. The molecule has 0 aliphatic heterocycles. The summed E-state index contributed by atoms with van der Waals surface area (Å²) >= 11 is 0. The Morgan fingerprint density at radius 1 is 1.12 bits per heavy atom. The number of rotatable bonds is 5. The molecule has 1 unspecified atom stereocenters. The monoisotopic (exact) mass is 355 g/mol. The van der Waals surface area contributed by atoms with E-state index in [4.69, 9.17) is 9.47 Å². The van der Waals surface area contributed by atoms with Crippen molar-refractivity contribution in [3.8, 4) is 0 Å². The van der Waals surface area contributed by atoms with Crippen molar-refractivity contribution in [2.24, 2.45) is 0 Å². The SMILES string of the molecule is COC(=O)c1cc(C(=O)OC)n(C(C)[C@@H](C)NC(=O)OC(C)(C)C)n1. The summed E-state index contributed by atoms with van der Waals surface area (Å²) in [5.41, 5.74) is -0.582. The molecule has 0 saturated heterocycles. The lowest BCUT2D eigenvalue weighted by atomic mass is 10.1. The first-order valence-corrected chi connectivity index (χ1v) is 7.75. The first kappa shape index (κ1) is 20.5. The molecule has 0 saturated carbocycles. The minimum absolute atomic E-state index is 0.0285. The molecule has 25 heavy (non-hydrogen) atoms. The second-order valence-corrected chi connectivity index (χ2v) is 6.52. The maximum absolute atomic E-state index is 11.9. The van der Waals surface area contributed by atoms with Gasteiger partial charge in [-0.25, -0.2) is 14.4 Å². The molecule has 140 valence electrons. The van der Waals surface area contributed by atoms with Gasteiger partial charge in [0.2, 0.25) is 0 Å². The number of nitrogens with one attached hydrogen (secondary N) is 1. The van der Waals surface area contributed by atoms with Crippen LogP contribution in [0.3, 0.4) is 0 Å². The van der Waals surface area contributed by atoms with E-state index in [9.17, 15) is 14.4 Å². The Morgan fingerprint density at radius 3 is 2.16 bits per heavy atom. The molecule has 0 radical (unpaired) electrons. The normalized spacial score (nSPS) is 13.6. The number of alkyl carbamates (subject to hydrolysis) is 1. The van der Waals surface area contributed by atoms with Gasteiger partial charge in [-0.15, -0.1) is 0 Å². The summed E-state index contributed by atoms with van der Waals surface area (Å²) in [6, 6.07) is 0.387. The van der Waals surface area contributed by atoms with Crippen molar-refractivity contribution in [1.29, 1.82) is 0 Å². The molecule has 0 aliphatic rings. The Labute approximate surface area is 146 Å². The number of nitrogens with zero attached hydrogens (tertiary/aromatic N) is 2. The van der Waals surface area contributed by atoms with Crippen LogP contribution in [0.4, 0.5) is 4.79 Å². The zero-order valence-corrected chi connectivity index (χ0v) is 15.6. The minimum Gasteiger partial charge on any atom is -0.464 e. The molecule has 0 bridgehead atoms. The molecule has 0 aromatic carbocycles. The highest BCUT2D eigenvalue weighted by Gasteiger charge is 2.27. The summed E-state index contributed by atoms with van der Waals surface area (Å²) in [5, 5.41) is 6.78. The largest absolute Gasteiger partial charge is 0.464 e. The van der Waals surface area contributed by atoms with Crippen molar-refractivity contribution in [2.45, 2.75) is 52.3 Å². The fourth-order valence-corrected chi connectivity index (χ4v) is 1.99. The number of ether oxygens (including phenoxy) is 3. The van der Waals surface area contributed by atoms with Crippen molar-refractivity contribution in [2.75, 3.05) is 14.2 Å². The Hall–Kier alpha value is -2.58. The van der Waals surface area contributed by atoms with E-state index in [2.05, 4.69) is 15.2 Å². The predicted molar refractivity (Wildman–Crippen MR) is 88.4 cm³/mol. The summed E-state index contributed by atoms with van der Waals surface area (Å²) < 4.78 is 15.9. The van der Waals surface area contributed by atoms with Gasteiger partial charge in [-0.2, -0.15) is 5.10 Å². The van der Waals surface area contributed by atoms with Gasteiger partial charge in [-0.05, 0) is 34.6 Å². The van der Waals surface area contributed by atoms with Gasteiger partial charge in [0, 0.05) is 6.07 Å². The van der Waals surface area contributed by atoms with Crippen molar-refractivity contribution in [3.05, 3.63) is 17.5 Å². The van der Waals surface area contributed by atoms with E-state index in [0.29, 0.717) is 0 Å². The van der Waals surface area contributed by atoms with Crippen molar-refractivity contribution in [3.63, 3.8) is 0 Å². The van der Waals surface area contributed by atoms with Crippen LogP contribution in [0.2, 0.25) is 0 Å². The molecule has 0 aliphatic carbocycles. The highest BCUT2D eigenvalue weighted by molar-refractivity contribution is 5.93. The second-order valence-electron chi connectivity index (χ2n) is 6.52. The fraction of sp³-hybridized carbons (Fsp3) is 0.625. The molecule has 1 aromatic heterocycles. The molecule has 0 fully saturated rings. The predicted octanol–water partition coefficient (Wildman–Crippen LogP) is 1.93. The van der Waals surface area contributed by atoms with Gasteiger partial charge >= 0.3 is 18.0 Å². The molecule has 9 heteroatoms. The number of hydrogen-bond acceptors (Lipinski definition) is 7. The highest BCUT2D eigenvalue weighted by atomic mass is 16.6. The van der Waals surface area contributed by atoms with E-state index < -0.39 is 35.7 Å². The van der Waals surface area contributed by atoms with Gasteiger partial charge < -0.3 is 19.5 Å². The Morgan fingerprint density at radius 2 is 1.68 bits per heavy atom. The van der Waals surface area contributed by atoms with Gasteiger partial charge in [-0.3, -0.25) is 4.68 Å². The Bertz CT molecular complexity index is 647. The number of carbonyl (C=O) groups excluding carboxylic acids is 3. The third kappa shape index (κ3) is 5.47. The van der Waals surface area contributed by atoms with E-state index in [1.165, 1.54) is 25.0 Å². The molecule has 9 nitrogen and oxygen atoms in total. The summed E-state index contributed by atoms with van der Waals surface area (Å²) in [7, 11) is 2.44. The Balaban J connectivity index is 3.04. The number of amides is 1. The number of methoxy groups -OCH3 is 2. The zero-order valence-electron chi connectivity index (χ0n) is 15.6. The maximum Gasteiger partial charge on any atom is 0.407 e. The van der Waals surface area contributed by atoms with Gasteiger partial charge in [0.05, 0.1) is 26.3 Å². The molecule has 1 rings (SSSR count). The summed E-state index contributed by atoms with van der Waals surface area (Å²) in [4.78, 5) is 35.5.